The Labute approximate surface area is 245 Å². The van der Waals surface area contributed by atoms with E-state index in [1.807, 2.05) is 49.4 Å². The lowest BCUT2D eigenvalue weighted by Gasteiger charge is -2.30. The SMILES string of the molecule is COc1ccc(CCNCCCNc2cc3c(c4c2C(=O)c2ccccc2C4=O)N=C2C(C)=CC=CC2O3)cc1OC. The molecular weight excluding hydrogens is 530 g/mol. The first-order chi connectivity index (χ1) is 20.5. The molecule has 3 aromatic rings. The Morgan fingerprint density at radius 2 is 1.67 bits per heavy atom. The van der Waals surface area contributed by atoms with E-state index in [-0.39, 0.29) is 17.7 Å². The summed E-state index contributed by atoms with van der Waals surface area (Å²) in [6.07, 6.45) is 7.20. The first-order valence-corrected chi connectivity index (χ1v) is 14.2. The predicted molar refractivity (Wildman–Crippen MR) is 163 cm³/mol. The summed E-state index contributed by atoms with van der Waals surface area (Å²) >= 11 is 0. The van der Waals surface area contributed by atoms with Gasteiger partial charge in [-0.1, -0.05) is 42.5 Å². The Morgan fingerprint density at radius 1 is 0.905 bits per heavy atom. The number of anilines is 1. The van der Waals surface area contributed by atoms with Gasteiger partial charge in [-0.15, -0.1) is 0 Å². The Morgan fingerprint density at radius 3 is 2.43 bits per heavy atom. The van der Waals surface area contributed by atoms with Crippen LogP contribution in [-0.2, 0) is 6.42 Å². The molecule has 42 heavy (non-hydrogen) atoms. The minimum Gasteiger partial charge on any atom is -0.493 e. The molecule has 1 unspecified atom stereocenters. The standard InChI is InChI=1S/C34H33N3O5/c1-20-8-6-11-26-31(20)37-32-28(42-26)19-24(29-30(32)34(39)23-10-5-4-9-22(23)33(29)38)36-16-7-15-35-17-14-21-12-13-25(40-2)27(18-21)41-3/h4-6,8-13,18-19,26,35-36H,7,14-17H2,1-3H3. The number of nitrogens with zero attached hydrogens (tertiary/aromatic N) is 1. The van der Waals surface area contributed by atoms with Crippen LogP contribution in [0.5, 0.6) is 17.2 Å². The van der Waals surface area contributed by atoms with Gasteiger partial charge in [0.25, 0.3) is 0 Å². The lowest BCUT2D eigenvalue weighted by Crippen LogP contribution is -2.32. The van der Waals surface area contributed by atoms with Crippen molar-refractivity contribution in [3.8, 4) is 17.2 Å². The summed E-state index contributed by atoms with van der Waals surface area (Å²) < 4.78 is 17.0. The number of rotatable bonds is 10. The summed E-state index contributed by atoms with van der Waals surface area (Å²) in [4.78, 5) is 32.5. The lowest BCUT2D eigenvalue weighted by molar-refractivity contribution is 0.0979. The van der Waals surface area contributed by atoms with Gasteiger partial charge in [-0.25, -0.2) is 4.99 Å². The molecule has 6 rings (SSSR count). The number of hydrogen-bond donors (Lipinski definition) is 2. The Kier molecular flexibility index (Phi) is 7.63. The number of fused-ring (bicyclic) bond motifs is 5. The molecule has 214 valence electrons. The second kappa shape index (κ2) is 11.7. The van der Waals surface area contributed by atoms with Gasteiger partial charge >= 0.3 is 0 Å². The molecule has 3 aromatic carbocycles. The van der Waals surface area contributed by atoms with Crippen molar-refractivity contribution < 1.29 is 23.8 Å². The molecule has 2 N–H and O–H groups in total. The largest absolute Gasteiger partial charge is 0.493 e. The Hall–Kier alpha value is -4.69. The van der Waals surface area contributed by atoms with E-state index in [1.54, 1.807) is 38.5 Å². The molecule has 0 fully saturated rings. The zero-order valence-corrected chi connectivity index (χ0v) is 24.0. The van der Waals surface area contributed by atoms with Gasteiger partial charge in [0.05, 0.1) is 31.1 Å². The third-order valence-electron chi connectivity index (χ3n) is 7.81. The fourth-order valence-corrected chi connectivity index (χ4v) is 5.63. The van der Waals surface area contributed by atoms with Crippen molar-refractivity contribution in [2.24, 2.45) is 4.99 Å². The van der Waals surface area contributed by atoms with Gasteiger partial charge < -0.3 is 24.8 Å². The second-order valence-electron chi connectivity index (χ2n) is 10.5. The van der Waals surface area contributed by atoms with Crippen LogP contribution in [0.4, 0.5) is 11.4 Å². The molecule has 0 amide bonds. The van der Waals surface area contributed by atoms with Gasteiger partial charge in [-0.3, -0.25) is 9.59 Å². The minimum atomic E-state index is -0.329. The number of carbonyl (C=O) groups is 2. The molecule has 0 radical (unpaired) electrons. The summed E-state index contributed by atoms with van der Waals surface area (Å²) in [6.45, 7) is 4.17. The van der Waals surface area contributed by atoms with Crippen LogP contribution in [0.2, 0.25) is 0 Å². The maximum absolute atomic E-state index is 13.8. The summed E-state index contributed by atoms with van der Waals surface area (Å²) in [5.41, 5.74) is 5.37. The Bertz CT molecular complexity index is 1670. The zero-order chi connectivity index (χ0) is 29.2. The smallest absolute Gasteiger partial charge is 0.196 e. The van der Waals surface area contributed by atoms with Crippen molar-refractivity contribution in [2.45, 2.75) is 25.9 Å². The summed E-state index contributed by atoms with van der Waals surface area (Å²) in [6, 6.07) is 14.7. The molecule has 0 aromatic heterocycles. The minimum absolute atomic E-state index is 0.184. The van der Waals surface area contributed by atoms with Crippen LogP contribution in [0.1, 0.15) is 50.8 Å². The molecule has 0 bridgehead atoms. The summed E-state index contributed by atoms with van der Waals surface area (Å²) in [5, 5.41) is 6.89. The number of hydrogen-bond acceptors (Lipinski definition) is 8. The van der Waals surface area contributed by atoms with E-state index in [0.29, 0.717) is 51.7 Å². The average molecular weight is 564 g/mol. The monoisotopic (exact) mass is 563 g/mol. The third-order valence-corrected chi connectivity index (χ3v) is 7.81. The molecule has 1 atom stereocenters. The van der Waals surface area contributed by atoms with E-state index in [9.17, 15) is 9.59 Å². The average Bonchev–Trinajstić information content (AvgIpc) is 3.02. The maximum Gasteiger partial charge on any atom is 0.196 e. The Balaban J connectivity index is 1.18. The quantitative estimate of drug-likeness (QED) is 0.247. The number of methoxy groups -OCH3 is 2. The molecule has 0 saturated heterocycles. The van der Waals surface area contributed by atoms with Crippen molar-refractivity contribution in [3.05, 3.63) is 100 Å². The topological polar surface area (TPSA) is 98.3 Å². The fourth-order valence-electron chi connectivity index (χ4n) is 5.63. The van der Waals surface area contributed by atoms with Crippen molar-refractivity contribution in [2.75, 3.05) is 39.2 Å². The van der Waals surface area contributed by atoms with Crippen molar-refractivity contribution in [3.63, 3.8) is 0 Å². The van der Waals surface area contributed by atoms with Crippen molar-refractivity contribution in [1.29, 1.82) is 0 Å². The van der Waals surface area contributed by atoms with Crippen LogP contribution in [0.3, 0.4) is 0 Å². The zero-order valence-electron chi connectivity index (χ0n) is 24.0. The lowest BCUT2D eigenvalue weighted by atomic mass is 9.81. The normalized spacial score (nSPS) is 16.3. The fraction of sp³-hybridized carbons (Fsp3) is 0.265. The molecular formula is C34H33N3O5. The van der Waals surface area contributed by atoms with Gasteiger partial charge in [-0.05, 0) is 62.2 Å². The molecule has 3 aliphatic rings. The highest BCUT2D eigenvalue weighted by Crippen LogP contribution is 2.46. The number of ketones is 2. The van der Waals surface area contributed by atoms with E-state index in [2.05, 4.69) is 10.6 Å². The van der Waals surface area contributed by atoms with Gasteiger partial charge in [0.15, 0.2) is 29.2 Å². The molecule has 0 spiro atoms. The van der Waals surface area contributed by atoms with Crippen LogP contribution >= 0.6 is 0 Å². The highest BCUT2D eigenvalue weighted by Gasteiger charge is 2.38. The van der Waals surface area contributed by atoms with Crippen molar-refractivity contribution >= 4 is 28.7 Å². The highest BCUT2D eigenvalue weighted by molar-refractivity contribution is 6.32. The molecule has 2 aliphatic carbocycles. The molecule has 0 saturated carbocycles. The van der Waals surface area contributed by atoms with Crippen LogP contribution in [0, 0.1) is 0 Å². The van der Waals surface area contributed by atoms with E-state index in [4.69, 9.17) is 19.2 Å². The highest BCUT2D eigenvalue weighted by atomic mass is 16.5. The van der Waals surface area contributed by atoms with E-state index in [1.165, 1.54) is 0 Å². The molecule has 1 heterocycles. The number of benzene rings is 3. The number of carbonyl (C=O) groups excluding carboxylic acids is 2. The van der Waals surface area contributed by atoms with Gasteiger partial charge in [0, 0.05) is 29.4 Å². The van der Waals surface area contributed by atoms with E-state index >= 15 is 0 Å². The molecule has 1 aliphatic heterocycles. The van der Waals surface area contributed by atoms with Gasteiger partial charge in [0.2, 0.25) is 0 Å². The van der Waals surface area contributed by atoms with Crippen LogP contribution in [0.15, 0.2) is 77.3 Å². The van der Waals surface area contributed by atoms with Crippen LogP contribution in [-0.4, -0.2) is 57.2 Å². The van der Waals surface area contributed by atoms with Crippen LogP contribution < -0.4 is 24.8 Å². The maximum atomic E-state index is 13.8. The predicted octanol–water partition coefficient (Wildman–Crippen LogP) is 5.46. The molecule has 8 nitrogen and oxygen atoms in total. The van der Waals surface area contributed by atoms with Gasteiger partial charge in [0.1, 0.15) is 11.4 Å². The summed E-state index contributed by atoms with van der Waals surface area (Å²) in [5.74, 6) is 1.54. The number of nitrogens with one attached hydrogen (secondary N) is 2. The van der Waals surface area contributed by atoms with Crippen LogP contribution in [0.25, 0.3) is 0 Å². The number of allylic oxidation sites excluding steroid dienone is 2. The second-order valence-corrected chi connectivity index (χ2v) is 10.5. The first kappa shape index (κ1) is 27.5. The first-order valence-electron chi connectivity index (χ1n) is 14.2. The van der Waals surface area contributed by atoms with E-state index < -0.39 is 0 Å². The number of ether oxygens (including phenoxy) is 3. The van der Waals surface area contributed by atoms with Crippen molar-refractivity contribution in [1.82, 2.24) is 5.32 Å². The summed E-state index contributed by atoms with van der Waals surface area (Å²) in [7, 11) is 3.26. The number of aliphatic imine (C=N–C) groups is 1. The third kappa shape index (κ3) is 4.99. The molecule has 8 heteroatoms. The van der Waals surface area contributed by atoms with Gasteiger partial charge in [-0.2, -0.15) is 0 Å². The van der Waals surface area contributed by atoms with E-state index in [0.717, 1.165) is 48.5 Å².